The first kappa shape index (κ1) is 15.8. The van der Waals surface area contributed by atoms with Gasteiger partial charge in [0.25, 0.3) is 0 Å². The van der Waals surface area contributed by atoms with Gasteiger partial charge in [-0.25, -0.2) is 0 Å². The Labute approximate surface area is 147 Å². The second kappa shape index (κ2) is 7.00. The summed E-state index contributed by atoms with van der Waals surface area (Å²) in [6.45, 7) is 0. The zero-order chi connectivity index (χ0) is 16.2. The SMILES string of the molecule is Clc1ccccc1Nc1cnnc(Nc2c(Cl)cccc2Cl)n1. The van der Waals surface area contributed by atoms with Gasteiger partial charge in [-0.3, -0.25) is 0 Å². The maximum Gasteiger partial charge on any atom is 0.249 e. The molecule has 1 aromatic heterocycles. The van der Waals surface area contributed by atoms with Crippen molar-refractivity contribution in [1.29, 1.82) is 0 Å². The molecule has 0 saturated heterocycles. The molecule has 1 heterocycles. The molecule has 116 valence electrons. The first-order chi connectivity index (χ1) is 11.1. The van der Waals surface area contributed by atoms with Gasteiger partial charge in [-0.05, 0) is 24.3 Å². The van der Waals surface area contributed by atoms with E-state index >= 15 is 0 Å². The van der Waals surface area contributed by atoms with Gasteiger partial charge < -0.3 is 10.6 Å². The summed E-state index contributed by atoms with van der Waals surface area (Å²) < 4.78 is 0. The monoisotopic (exact) mass is 365 g/mol. The van der Waals surface area contributed by atoms with E-state index in [1.165, 1.54) is 6.20 Å². The lowest BCUT2D eigenvalue weighted by molar-refractivity contribution is 0.982. The summed E-state index contributed by atoms with van der Waals surface area (Å²) in [5, 5.41) is 15.4. The predicted octanol–water partition coefficient (Wildman–Crippen LogP) is 5.32. The Hall–Kier alpha value is -2.08. The zero-order valence-electron chi connectivity index (χ0n) is 11.6. The van der Waals surface area contributed by atoms with Crippen LogP contribution in [0.5, 0.6) is 0 Å². The zero-order valence-corrected chi connectivity index (χ0v) is 13.9. The van der Waals surface area contributed by atoms with Crippen LogP contribution in [0.4, 0.5) is 23.1 Å². The third-order valence-electron chi connectivity index (χ3n) is 2.89. The molecule has 0 aliphatic rings. The normalized spacial score (nSPS) is 10.4. The highest BCUT2D eigenvalue weighted by Gasteiger charge is 2.09. The van der Waals surface area contributed by atoms with Crippen molar-refractivity contribution >= 4 is 57.9 Å². The highest BCUT2D eigenvalue weighted by atomic mass is 35.5. The van der Waals surface area contributed by atoms with Crippen LogP contribution in [0.15, 0.2) is 48.7 Å². The van der Waals surface area contributed by atoms with Crippen LogP contribution in [0.25, 0.3) is 0 Å². The summed E-state index contributed by atoms with van der Waals surface area (Å²) >= 11 is 18.3. The average molecular weight is 367 g/mol. The molecule has 3 rings (SSSR count). The fourth-order valence-corrected chi connectivity index (χ4v) is 2.52. The van der Waals surface area contributed by atoms with E-state index in [0.29, 0.717) is 26.6 Å². The number of benzene rings is 2. The molecule has 0 aliphatic heterocycles. The third-order valence-corrected chi connectivity index (χ3v) is 3.85. The summed E-state index contributed by atoms with van der Waals surface area (Å²) in [5.41, 5.74) is 1.24. The number of para-hydroxylation sites is 2. The first-order valence-electron chi connectivity index (χ1n) is 6.56. The van der Waals surface area contributed by atoms with Crippen molar-refractivity contribution in [3.63, 3.8) is 0 Å². The summed E-state index contributed by atoms with van der Waals surface area (Å²) in [4.78, 5) is 4.31. The fourth-order valence-electron chi connectivity index (χ4n) is 1.85. The highest BCUT2D eigenvalue weighted by molar-refractivity contribution is 6.39. The van der Waals surface area contributed by atoms with Crippen LogP contribution in [0, 0.1) is 0 Å². The average Bonchev–Trinajstić information content (AvgIpc) is 2.54. The lowest BCUT2D eigenvalue weighted by Crippen LogP contribution is -2.03. The Kier molecular flexibility index (Phi) is 4.81. The molecule has 0 amide bonds. The molecule has 2 aromatic carbocycles. The van der Waals surface area contributed by atoms with Crippen LogP contribution in [0.1, 0.15) is 0 Å². The van der Waals surface area contributed by atoms with E-state index in [1.807, 2.05) is 18.2 Å². The van der Waals surface area contributed by atoms with E-state index in [0.717, 1.165) is 5.69 Å². The van der Waals surface area contributed by atoms with Crippen molar-refractivity contribution in [2.24, 2.45) is 0 Å². The molecule has 8 heteroatoms. The molecule has 0 radical (unpaired) electrons. The summed E-state index contributed by atoms with van der Waals surface area (Å²) in [7, 11) is 0. The largest absolute Gasteiger partial charge is 0.338 e. The Morgan fingerprint density at radius 3 is 2.22 bits per heavy atom. The number of nitrogens with one attached hydrogen (secondary N) is 2. The van der Waals surface area contributed by atoms with Crippen LogP contribution < -0.4 is 10.6 Å². The van der Waals surface area contributed by atoms with E-state index < -0.39 is 0 Å². The van der Waals surface area contributed by atoms with Crippen molar-refractivity contribution in [2.75, 3.05) is 10.6 Å². The molecular formula is C15H10Cl3N5. The van der Waals surface area contributed by atoms with Crippen LogP contribution in [-0.4, -0.2) is 15.2 Å². The molecule has 3 aromatic rings. The number of rotatable bonds is 4. The molecule has 23 heavy (non-hydrogen) atoms. The first-order valence-corrected chi connectivity index (χ1v) is 7.69. The van der Waals surface area contributed by atoms with E-state index in [1.54, 1.807) is 24.3 Å². The summed E-state index contributed by atoms with van der Waals surface area (Å²) in [6, 6.07) is 12.5. The van der Waals surface area contributed by atoms with Crippen LogP contribution in [0.2, 0.25) is 15.1 Å². The van der Waals surface area contributed by atoms with E-state index in [4.69, 9.17) is 34.8 Å². The van der Waals surface area contributed by atoms with Crippen molar-refractivity contribution in [3.8, 4) is 0 Å². The quantitative estimate of drug-likeness (QED) is 0.654. The van der Waals surface area contributed by atoms with Crippen molar-refractivity contribution in [1.82, 2.24) is 15.2 Å². The topological polar surface area (TPSA) is 62.7 Å². The Balaban J connectivity index is 1.84. The van der Waals surface area contributed by atoms with Crippen LogP contribution in [0.3, 0.4) is 0 Å². The lowest BCUT2D eigenvalue weighted by atomic mass is 10.3. The predicted molar refractivity (Wildman–Crippen MR) is 94.3 cm³/mol. The number of hydrogen-bond donors (Lipinski definition) is 2. The van der Waals surface area contributed by atoms with Crippen molar-refractivity contribution < 1.29 is 0 Å². The molecule has 0 saturated carbocycles. The van der Waals surface area contributed by atoms with Crippen LogP contribution in [-0.2, 0) is 0 Å². The molecule has 0 fully saturated rings. The molecule has 5 nitrogen and oxygen atoms in total. The van der Waals surface area contributed by atoms with Gasteiger partial charge >= 0.3 is 0 Å². The number of anilines is 4. The Morgan fingerprint density at radius 1 is 0.783 bits per heavy atom. The molecule has 0 unspecified atom stereocenters. The maximum atomic E-state index is 6.11. The van der Waals surface area contributed by atoms with Gasteiger partial charge in [0.05, 0.1) is 32.6 Å². The van der Waals surface area contributed by atoms with Gasteiger partial charge in [0, 0.05) is 0 Å². The second-order valence-corrected chi connectivity index (χ2v) is 5.71. The van der Waals surface area contributed by atoms with Crippen molar-refractivity contribution in [2.45, 2.75) is 0 Å². The highest BCUT2D eigenvalue weighted by Crippen LogP contribution is 2.31. The smallest absolute Gasteiger partial charge is 0.249 e. The van der Waals surface area contributed by atoms with Gasteiger partial charge in [0.15, 0.2) is 5.82 Å². The molecule has 0 spiro atoms. The van der Waals surface area contributed by atoms with E-state index in [9.17, 15) is 0 Å². The number of aromatic nitrogens is 3. The molecule has 0 aliphatic carbocycles. The van der Waals surface area contributed by atoms with Gasteiger partial charge in [0.2, 0.25) is 5.95 Å². The molecule has 2 N–H and O–H groups in total. The Morgan fingerprint density at radius 2 is 1.48 bits per heavy atom. The maximum absolute atomic E-state index is 6.11. The van der Waals surface area contributed by atoms with Crippen LogP contribution >= 0.6 is 34.8 Å². The van der Waals surface area contributed by atoms with Crippen molar-refractivity contribution in [3.05, 3.63) is 63.7 Å². The lowest BCUT2D eigenvalue weighted by Gasteiger charge is -2.10. The minimum absolute atomic E-state index is 0.261. The Bertz CT molecular complexity index is 821. The van der Waals surface area contributed by atoms with Gasteiger partial charge in [-0.1, -0.05) is 53.0 Å². The molecule has 0 bridgehead atoms. The van der Waals surface area contributed by atoms with Gasteiger partial charge in [-0.2, -0.15) is 10.1 Å². The number of hydrogen-bond acceptors (Lipinski definition) is 5. The van der Waals surface area contributed by atoms with Gasteiger partial charge in [0.1, 0.15) is 0 Å². The number of halogens is 3. The minimum atomic E-state index is 0.261. The van der Waals surface area contributed by atoms with E-state index in [2.05, 4.69) is 25.8 Å². The summed E-state index contributed by atoms with van der Waals surface area (Å²) in [6.07, 6.45) is 1.49. The molecule has 0 atom stereocenters. The number of nitrogens with zero attached hydrogens (tertiary/aromatic N) is 3. The minimum Gasteiger partial charge on any atom is -0.338 e. The summed E-state index contributed by atoms with van der Waals surface area (Å²) in [5.74, 6) is 0.746. The van der Waals surface area contributed by atoms with E-state index in [-0.39, 0.29) is 5.95 Å². The third kappa shape index (κ3) is 3.82. The fraction of sp³-hybridized carbons (Fsp3) is 0. The van der Waals surface area contributed by atoms with Gasteiger partial charge in [-0.15, -0.1) is 5.10 Å². The standard InChI is InChI=1S/C15H10Cl3N5/c16-9-4-1-2-7-12(9)20-13-8-19-23-15(21-13)22-14-10(17)5-3-6-11(14)18/h1-8H,(H2,20,21,22,23). The second-order valence-electron chi connectivity index (χ2n) is 4.49. The molecular weight excluding hydrogens is 357 g/mol.